The number of rotatable bonds is 6. The Balaban J connectivity index is 1.82. The molecule has 2 aromatic carbocycles. The number of thiazole rings is 1. The van der Waals surface area contributed by atoms with Crippen molar-refractivity contribution in [2.75, 3.05) is 18.7 Å². The van der Waals surface area contributed by atoms with Crippen molar-refractivity contribution in [3.05, 3.63) is 74.4 Å². The molecule has 32 heavy (non-hydrogen) atoms. The summed E-state index contributed by atoms with van der Waals surface area (Å²) < 4.78 is 8.42. The molecule has 164 valence electrons. The van der Waals surface area contributed by atoms with Gasteiger partial charge in [0.15, 0.2) is 9.99 Å². The van der Waals surface area contributed by atoms with Crippen LogP contribution in [0.15, 0.2) is 62.5 Å². The number of fused-ring (bicyclic) bond motifs is 1. The van der Waals surface area contributed by atoms with E-state index >= 15 is 0 Å². The third kappa shape index (κ3) is 4.16. The Morgan fingerprint density at radius 3 is 2.66 bits per heavy atom. The maximum atomic E-state index is 13.3. The lowest BCUT2D eigenvalue weighted by Gasteiger charge is -2.13. The van der Waals surface area contributed by atoms with Gasteiger partial charge in [-0.1, -0.05) is 41.6 Å². The number of hydrogen-bond donors (Lipinski definition) is 1. The number of carbonyl (C=O) groups is 1. The van der Waals surface area contributed by atoms with Crippen molar-refractivity contribution >= 4 is 56.6 Å². The minimum atomic E-state index is -0.653. The first kappa shape index (κ1) is 22.1. The summed E-state index contributed by atoms with van der Waals surface area (Å²) in [6.45, 7) is -0.352. The third-order valence-electron chi connectivity index (χ3n) is 4.59. The fourth-order valence-electron chi connectivity index (χ4n) is 3.16. The fraction of sp³-hybridized carbons (Fsp3) is 0.143. The molecule has 0 fully saturated rings. The predicted octanol–water partition coefficient (Wildman–Crippen LogP) is 3.63. The van der Waals surface area contributed by atoms with Crippen LogP contribution in [0.25, 0.3) is 16.0 Å². The van der Waals surface area contributed by atoms with Gasteiger partial charge in [-0.25, -0.2) is 14.3 Å². The molecule has 8 nitrogen and oxygen atoms in total. The highest BCUT2D eigenvalue weighted by atomic mass is 35.5. The van der Waals surface area contributed by atoms with Gasteiger partial charge in [-0.05, 0) is 36.6 Å². The van der Waals surface area contributed by atoms with E-state index in [1.54, 1.807) is 48.5 Å². The van der Waals surface area contributed by atoms with Crippen molar-refractivity contribution in [2.24, 2.45) is 0 Å². The standard InChI is InChI=1S/C21H17ClN4O4S2/c1-30-15-9-8-12(22)10-14(15)23-16(27)11-25-18-17(32-20(24-18)31-2)19(28)26(21(25)29)13-6-4-3-5-7-13/h3-10H,11H2,1-2H3,(H,23,27). The summed E-state index contributed by atoms with van der Waals surface area (Å²) in [7, 11) is 1.47. The molecule has 0 aliphatic heterocycles. The summed E-state index contributed by atoms with van der Waals surface area (Å²) in [6.07, 6.45) is 1.83. The number of halogens is 1. The molecule has 0 aliphatic carbocycles. The quantitative estimate of drug-likeness (QED) is 0.416. The highest BCUT2D eigenvalue weighted by molar-refractivity contribution is 8.00. The zero-order chi connectivity index (χ0) is 22.8. The van der Waals surface area contributed by atoms with Crippen molar-refractivity contribution in [1.29, 1.82) is 0 Å². The smallest absolute Gasteiger partial charge is 0.337 e. The number of amides is 1. The number of thioether (sulfide) groups is 1. The number of hydrogen-bond acceptors (Lipinski definition) is 7. The van der Waals surface area contributed by atoms with E-state index in [-0.39, 0.29) is 12.2 Å². The average molecular weight is 489 g/mol. The lowest BCUT2D eigenvalue weighted by Crippen LogP contribution is -2.40. The summed E-state index contributed by atoms with van der Waals surface area (Å²) in [4.78, 5) is 43.7. The third-order valence-corrected chi connectivity index (χ3v) is 6.84. The molecule has 0 atom stereocenters. The first-order valence-electron chi connectivity index (χ1n) is 9.32. The first-order chi connectivity index (χ1) is 15.4. The van der Waals surface area contributed by atoms with Gasteiger partial charge in [-0.15, -0.1) is 11.3 Å². The van der Waals surface area contributed by atoms with Gasteiger partial charge >= 0.3 is 5.69 Å². The van der Waals surface area contributed by atoms with Crippen LogP contribution in [0, 0.1) is 0 Å². The normalized spacial score (nSPS) is 11.0. The van der Waals surface area contributed by atoms with Crippen LogP contribution in [-0.2, 0) is 11.3 Å². The second kappa shape index (κ2) is 9.19. The van der Waals surface area contributed by atoms with Crippen molar-refractivity contribution in [2.45, 2.75) is 10.9 Å². The first-order valence-corrected chi connectivity index (χ1v) is 11.7. The predicted molar refractivity (Wildman–Crippen MR) is 128 cm³/mol. The number of anilines is 1. The molecule has 1 N–H and O–H groups in total. The molecular formula is C21H17ClN4O4S2. The fourth-order valence-corrected chi connectivity index (χ4v) is 4.83. The lowest BCUT2D eigenvalue weighted by molar-refractivity contribution is -0.116. The maximum absolute atomic E-state index is 13.3. The molecule has 0 spiro atoms. The summed E-state index contributed by atoms with van der Waals surface area (Å²) >= 11 is 8.58. The Bertz CT molecular complexity index is 1430. The highest BCUT2D eigenvalue weighted by Gasteiger charge is 2.21. The van der Waals surface area contributed by atoms with Gasteiger partial charge in [0.2, 0.25) is 5.91 Å². The number of ether oxygens (including phenoxy) is 1. The molecule has 11 heteroatoms. The minimum Gasteiger partial charge on any atom is -0.495 e. The second-order valence-corrected chi connectivity index (χ2v) is 9.06. The number of aromatic nitrogens is 3. The van der Waals surface area contributed by atoms with Crippen molar-refractivity contribution in [3.63, 3.8) is 0 Å². The van der Waals surface area contributed by atoms with E-state index in [4.69, 9.17) is 16.3 Å². The van der Waals surface area contributed by atoms with Gasteiger partial charge in [0.05, 0.1) is 18.5 Å². The van der Waals surface area contributed by atoms with E-state index in [0.29, 0.717) is 31.2 Å². The molecule has 2 aromatic heterocycles. The van der Waals surface area contributed by atoms with E-state index < -0.39 is 17.2 Å². The molecule has 0 radical (unpaired) electrons. The van der Waals surface area contributed by atoms with Crippen LogP contribution < -0.4 is 21.3 Å². The Hall–Kier alpha value is -3.08. The second-order valence-electron chi connectivity index (χ2n) is 6.57. The molecule has 0 unspecified atom stereocenters. The number of para-hydroxylation sites is 1. The number of methoxy groups -OCH3 is 1. The topological polar surface area (TPSA) is 95.2 Å². The van der Waals surface area contributed by atoms with Gasteiger partial charge in [0.25, 0.3) is 5.56 Å². The summed E-state index contributed by atoms with van der Waals surface area (Å²) in [5.74, 6) is -0.0706. The number of carbonyl (C=O) groups excluding carboxylic acids is 1. The van der Waals surface area contributed by atoms with E-state index in [1.807, 2.05) is 6.26 Å². The Morgan fingerprint density at radius 2 is 1.97 bits per heavy atom. The Kier molecular flexibility index (Phi) is 6.35. The maximum Gasteiger partial charge on any atom is 0.337 e. The monoisotopic (exact) mass is 488 g/mol. The van der Waals surface area contributed by atoms with E-state index in [1.165, 1.54) is 34.8 Å². The minimum absolute atomic E-state index is 0.176. The molecule has 4 aromatic rings. The van der Waals surface area contributed by atoms with E-state index in [9.17, 15) is 14.4 Å². The zero-order valence-corrected chi connectivity index (χ0v) is 19.4. The zero-order valence-electron chi connectivity index (χ0n) is 17.0. The molecule has 0 saturated heterocycles. The van der Waals surface area contributed by atoms with E-state index in [0.717, 1.165) is 4.57 Å². The van der Waals surface area contributed by atoms with Gasteiger partial charge in [0.1, 0.15) is 17.0 Å². The average Bonchev–Trinajstić information content (AvgIpc) is 3.22. The van der Waals surface area contributed by atoms with Gasteiger partial charge in [-0.3, -0.25) is 14.2 Å². The van der Waals surface area contributed by atoms with Crippen LogP contribution in [0.2, 0.25) is 5.02 Å². The molecule has 2 heterocycles. The lowest BCUT2D eigenvalue weighted by atomic mass is 10.3. The number of nitrogens with one attached hydrogen (secondary N) is 1. The van der Waals surface area contributed by atoms with Crippen LogP contribution >= 0.6 is 34.7 Å². The molecule has 0 aliphatic rings. The van der Waals surface area contributed by atoms with Crippen molar-refractivity contribution in [1.82, 2.24) is 14.1 Å². The van der Waals surface area contributed by atoms with Gasteiger partial charge in [-0.2, -0.15) is 0 Å². The molecule has 0 bridgehead atoms. The number of nitrogens with zero attached hydrogens (tertiary/aromatic N) is 3. The Morgan fingerprint density at radius 1 is 1.22 bits per heavy atom. The van der Waals surface area contributed by atoms with Crippen LogP contribution in [0.1, 0.15) is 0 Å². The van der Waals surface area contributed by atoms with Crippen molar-refractivity contribution in [3.8, 4) is 11.4 Å². The number of benzene rings is 2. The summed E-state index contributed by atoms with van der Waals surface area (Å²) in [5.41, 5.74) is -0.167. The van der Waals surface area contributed by atoms with Crippen LogP contribution in [0.4, 0.5) is 5.69 Å². The van der Waals surface area contributed by atoms with Crippen molar-refractivity contribution < 1.29 is 9.53 Å². The van der Waals surface area contributed by atoms with Gasteiger partial charge < -0.3 is 10.1 Å². The molecular weight excluding hydrogens is 472 g/mol. The van der Waals surface area contributed by atoms with Crippen LogP contribution in [0.3, 0.4) is 0 Å². The van der Waals surface area contributed by atoms with Crippen LogP contribution in [0.5, 0.6) is 5.75 Å². The summed E-state index contributed by atoms with van der Waals surface area (Å²) in [6, 6.07) is 13.4. The molecule has 1 amide bonds. The van der Waals surface area contributed by atoms with Crippen LogP contribution in [-0.4, -0.2) is 33.4 Å². The largest absolute Gasteiger partial charge is 0.495 e. The molecule has 0 saturated carbocycles. The summed E-state index contributed by atoms with van der Waals surface area (Å²) in [5, 5.41) is 3.13. The highest BCUT2D eigenvalue weighted by Crippen LogP contribution is 2.28. The SMILES string of the molecule is COc1ccc(Cl)cc1NC(=O)Cn1c(=O)n(-c2ccccc2)c(=O)c2sc(SC)nc21. The van der Waals surface area contributed by atoms with E-state index in [2.05, 4.69) is 10.3 Å². The van der Waals surface area contributed by atoms with Gasteiger partial charge in [0, 0.05) is 5.02 Å². The Labute approximate surface area is 195 Å². The molecule has 4 rings (SSSR count).